The molecule has 4 aromatic rings. The third kappa shape index (κ3) is 11.1. The van der Waals surface area contributed by atoms with E-state index in [1.807, 2.05) is 45.3 Å². The van der Waals surface area contributed by atoms with Crippen LogP contribution in [0.3, 0.4) is 0 Å². The molecule has 168 valence electrons. The zero-order chi connectivity index (χ0) is 22.9. The minimum Gasteiger partial charge on any atom is -0.280 e. The summed E-state index contributed by atoms with van der Waals surface area (Å²) in [4.78, 5) is 0. The molecule has 0 amide bonds. The van der Waals surface area contributed by atoms with E-state index < -0.39 is 5.57 Å². The maximum atomic E-state index is 2.55. The molecule has 0 aliphatic carbocycles. The second-order valence-corrected chi connectivity index (χ2v) is 33.0. The Hall–Kier alpha value is 1.30. The van der Waals surface area contributed by atoms with Gasteiger partial charge in [-0.3, -0.25) is 4.67 Å². The van der Waals surface area contributed by atoms with Crippen LogP contribution in [0.15, 0.2) is 70.1 Å². The van der Waals surface area contributed by atoms with Gasteiger partial charge in [-0.2, -0.15) is 0 Å². The van der Waals surface area contributed by atoms with Crippen molar-refractivity contribution in [3.63, 3.8) is 0 Å². The first-order valence-corrected chi connectivity index (χ1v) is 25.0. The first-order valence-electron chi connectivity index (χ1n) is 9.43. The highest BCUT2D eigenvalue weighted by Crippen LogP contribution is 2.45. The monoisotopic (exact) mass is 765 g/mol. The van der Waals surface area contributed by atoms with E-state index in [1.54, 1.807) is 0 Å². The Morgan fingerprint density at radius 2 is 0.968 bits per heavy atom. The van der Waals surface area contributed by atoms with Crippen LogP contribution in [0, 0.1) is 0 Å². The van der Waals surface area contributed by atoms with Gasteiger partial charge in [-0.25, -0.2) is 0 Å². The summed E-state index contributed by atoms with van der Waals surface area (Å²) in [6, 6.07) is 17.4. The molecule has 1 nitrogen and oxygen atoms in total. The molecule has 0 aromatic carbocycles. The lowest BCUT2D eigenvalue weighted by Gasteiger charge is -2.21. The van der Waals surface area contributed by atoms with Crippen molar-refractivity contribution in [2.75, 3.05) is 14.1 Å². The number of hydrogen-bond acceptors (Lipinski definition) is 5. The zero-order valence-corrected chi connectivity index (χ0v) is 28.5. The second kappa shape index (κ2) is 14.6. The van der Waals surface area contributed by atoms with E-state index in [1.165, 1.54) is 18.5 Å². The smallest absolute Gasteiger partial charge is 0.116 e. The third-order valence-electron chi connectivity index (χ3n) is 3.23. The van der Waals surface area contributed by atoms with Gasteiger partial charge in [-0.05, 0) is 81.9 Å². The summed E-state index contributed by atoms with van der Waals surface area (Å²) < 4.78 is 8.30. The first kappa shape index (κ1) is 28.5. The Bertz CT molecular complexity index is 864. The largest absolute Gasteiger partial charge is 0.280 e. The summed E-state index contributed by atoms with van der Waals surface area (Å²) >= 11 is 12.5. The average molecular weight is 766 g/mol. The van der Waals surface area contributed by atoms with Gasteiger partial charge in [0.2, 0.25) is 0 Å². The van der Waals surface area contributed by atoms with E-state index in [4.69, 9.17) is 0 Å². The summed E-state index contributed by atoms with van der Waals surface area (Å²) in [6.45, 7) is 6.94. The van der Waals surface area contributed by atoms with E-state index in [2.05, 4.69) is 152 Å². The van der Waals surface area contributed by atoms with Crippen molar-refractivity contribution in [1.29, 1.82) is 0 Å². The normalized spacial score (nSPS) is 11.3. The highest BCUT2D eigenvalue weighted by Gasteiger charge is 2.18. The number of hydrogen-bond donors (Lipinski definition) is 0. The summed E-state index contributed by atoms with van der Waals surface area (Å²) in [5.41, 5.74) is -0.731. The molecule has 0 bridgehead atoms. The molecular weight excluding hydrogens is 738 g/mol. The molecule has 0 atom stereocenters. The van der Waals surface area contributed by atoms with E-state index in [-0.39, 0.29) is 13.6 Å². The van der Waals surface area contributed by atoms with Crippen molar-refractivity contribution < 1.29 is 0 Å². The Kier molecular flexibility index (Phi) is 13.5. The summed E-state index contributed by atoms with van der Waals surface area (Å²) in [7, 11) is 4.05. The standard InChI is InChI=1S/C10H12NPS2.C8H6IPS2.C3H9ISi/c1-11(2)12(9-5-3-7-13-9)10-6-4-8-14-10;9-10(7-3-1-5-11-7)8-4-2-6-12-8;1-5(2,3)4/h3-8H,1-2H3;1-6H;1-3H3. The SMILES string of the molecule is CN(C)P(c1cccs1)c1cccs1.C[Si](C)(C)I.IP(c1cccs1)c1cccs1. The molecule has 0 saturated carbocycles. The van der Waals surface area contributed by atoms with Crippen LogP contribution in [0.2, 0.25) is 19.6 Å². The average Bonchev–Trinajstić information content (AvgIpc) is 3.50. The van der Waals surface area contributed by atoms with Crippen LogP contribution in [0.25, 0.3) is 0 Å². The van der Waals surface area contributed by atoms with Crippen LogP contribution in [0.5, 0.6) is 0 Å². The number of nitrogens with zero attached hydrogens (tertiary/aromatic N) is 1. The maximum Gasteiger partial charge on any atom is 0.116 e. The maximum absolute atomic E-state index is 2.55. The van der Waals surface area contributed by atoms with Gasteiger partial charge in [-0.1, -0.05) is 43.9 Å². The Morgan fingerprint density at radius 1 is 0.677 bits per heavy atom. The molecule has 10 heteroatoms. The van der Waals surface area contributed by atoms with Gasteiger partial charge in [0.25, 0.3) is 0 Å². The minimum atomic E-state index is -0.641. The Morgan fingerprint density at radius 3 is 1.19 bits per heavy atom. The fourth-order valence-electron chi connectivity index (χ4n) is 2.16. The van der Waals surface area contributed by atoms with Crippen LogP contribution >= 0.6 is 103 Å². The molecule has 0 aliphatic rings. The molecule has 0 spiro atoms. The molecule has 0 radical (unpaired) electrons. The lowest BCUT2D eigenvalue weighted by atomic mass is 10.7. The molecule has 4 heterocycles. The summed E-state index contributed by atoms with van der Waals surface area (Å²) in [5.74, 6) is 0. The van der Waals surface area contributed by atoms with Crippen molar-refractivity contribution >= 4 is 127 Å². The van der Waals surface area contributed by atoms with Gasteiger partial charge in [0, 0.05) is 32.1 Å². The van der Waals surface area contributed by atoms with Crippen molar-refractivity contribution in [3.8, 4) is 0 Å². The summed E-state index contributed by atoms with van der Waals surface area (Å²) in [5, 5.41) is 8.61. The van der Waals surface area contributed by atoms with Crippen LogP contribution in [0.4, 0.5) is 0 Å². The molecule has 4 aromatic heterocycles. The van der Waals surface area contributed by atoms with E-state index >= 15 is 0 Å². The van der Waals surface area contributed by atoms with Crippen LogP contribution in [0.1, 0.15) is 0 Å². The van der Waals surface area contributed by atoms with Gasteiger partial charge in [0.15, 0.2) is 0 Å². The topological polar surface area (TPSA) is 3.24 Å². The highest BCUT2D eigenvalue weighted by molar-refractivity contribution is 14.2. The van der Waals surface area contributed by atoms with Crippen molar-refractivity contribution in [1.82, 2.24) is 4.67 Å². The minimum absolute atomic E-state index is 0.0897. The molecule has 0 aliphatic heterocycles. The quantitative estimate of drug-likeness (QED) is 0.0853. The summed E-state index contributed by atoms with van der Waals surface area (Å²) in [6.07, 6.45) is 0. The van der Waals surface area contributed by atoms with Crippen LogP contribution in [-0.4, -0.2) is 24.3 Å². The molecule has 0 fully saturated rings. The van der Waals surface area contributed by atoms with Crippen LogP contribution in [-0.2, 0) is 0 Å². The Labute approximate surface area is 232 Å². The van der Waals surface area contributed by atoms with E-state index in [9.17, 15) is 0 Å². The van der Waals surface area contributed by atoms with Gasteiger partial charge >= 0.3 is 0 Å². The molecule has 0 saturated heterocycles. The van der Waals surface area contributed by atoms with E-state index in [0.29, 0.717) is 0 Å². The van der Waals surface area contributed by atoms with Crippen molar-refractivity contribution in [2.24, 2.45) is 0 Å². The van der Waals surface area contributed by atoms with E-state index in [0.717, 1.165) is 0 Å². The fourth-order valence-corrected chi connectivity index (χ4v) is 13.9. The molecular formula is C21H27I2NP2S4Si. The van der Waals surface area contributed by atoms with Gasteiger partial charge in [0.05, 0.1) is 0 Å². The lowest BCUT2D eigenvalue weighted by molar-refractivity contribution is 0.690. The van der Waals surface area contributed by atoms with Crippen molar-refractivity contribution in [2.45, 2.75) is 19.6 Å². The first-order chi connectivity index (χ1) is 14.7. The predicted octanol–water partition coefficient (Wildman–Crippen LogP) is 8.57. The van der Waals surface area contributed by atoms with Gasteiger partial charge in [-0.15, -0.1) is 67.1 Å². The zero-order valence-electron chi connectivity index (χ0n) is 18.2. The van der Waals surface area contributed by atoms with Crippen molar-refractivity contribution in [3.05, 3.63) is 70.1 Å². The number of halogens is 2. The Balaban J connectivity index is 0.000000184. The highest BCUT2D eigenvalue weighted by atomic mass is 127. The molecule has 0 unspecified atom stereocenters. The van der Waals surface area contributed by atoms with Gasteiger partial charge < -0.3 is 0 Å². The van der Waals surface area contributed by atoms with Crippen LogP contribution < -0.4 is 18.5 Å². The molecule has 4 rings (SSSR count). The number of rotatable bonds is 5. The second-order valence-electron chi connectivity index (χ2n) is 7.31. The molecule has 31 heavy (non-hydrogen) atoms. The fraction of sp³-hybridized carbons (Fsp3) is 0.238. The number of thiophene rings is 4. The van der Waals surface area contributed by atoms with Gasteiger partial charge in [0.1, 0.15) is 5.57 Å². The molecule has 0 N–H and O–H groups in total. The third-order valence-corrected chi connectivity index (χ3v) is 17.4. The lowest BCUT2D eigenvalue weighted by Crippen LogP contribution is -2.18. The predicted molar refractivity (Wildman–Crippen MR) is 175 cm³/mol.